The van der Waals surface area contributed by atoms with E-state index in [4.69, 9.17) is 9.97 Å². The van der Waals surface area contributed by atoms with Crippen LogP contribution in [0.2, 0.25) is 0 Å². The normalized spacial score (nSPS) is 13.0. The maximum atomic E-state index is 5.61. The third-order valence-corrected chi connectivity index (χ3v) is 15.4. The molecule has 1 aliphatic rings. The van der Waals surface area contributed by atoms with Gasteiger partial charge < -0.3 is 13.7 Å². The number of rotatable bonds is 6. The van der Waals surface area contributed by atoms with E-state index in [9.17, 15) is 0 Å². The van der Waals surface area contributed by atoms with E-state index >= 15 is 0 Å². The molecular weight excluding hydrogens is 875 g/mol. The Hall–Kier alpha value is -9.32. The summed E-state index contributed by atoms with van der Waals surface area (Å²) in [4.78, 5) is 11.1. The fourth-order valence-electron chi connectivity index (χ4n) is 12.1. The average molecular weight is 920 g/mol. The molecule has 1 aliphatic carbocycles. The SMILES string of the molecule is CC1(C)c2ccccc2-c2ccc(-c3nc(-c4ccc(-n5c6ccccc6c6ccccc65)cc4)cc(-c4cc(-n5c6ccccc6c6ccccc65)cc(-n5c6ccccc6c6ccccc65)c4)n3)cc21. The molecule has 338 valence electrons. The van der Waals surface area contributed by atoms with Crippen LogP contribution in [-0.2, 0) is 5.41 Å². The van der Waals surface area contributed by atoms with Crippen LogP contribution >= 0.6 is 0 Å². The summed E-state index contributed by atoms with van der Waals surface area (Å²) in [6, 6.07) is 86.0. The van der Waals surface area contributed by atoms with E-state index in [-0.39, 0.29) is 5.41 Å². The zero-order chi connectivity index (χ0) is 47.7. The van der Waals surface area contributed by atoms with Crippen molar-refractivity contribution in [3.8, 4) is 62.1 Å². The number of benzene rings is 10. The molecule has 0 atom stereocenters. The lowest BCUT2D eigenvalue weighted by Crippen LogP contribution is -2.15. The van der Waals surface area contributed by atoms with Crippen LogP contribution in [0.5, 0.6) is 0 Å². The predicted molar refractivity (Wildman–Crippen MR) is 299 cm³/mol. The lowest BCUT2D eigenvalue weighted by Gasteiger charge is -2.22. The average Bonchev–Trinajstić information content (AvgIpc) is 4.14. The number of nitrogens with zero attached hydrogens (tertiary/aromatic N) is 5. The van der Waals surface area contributed by atoms with Crippen molar-refractivity contribution in [3.63, 3.8) is 0 Å². The van der Waals surface area contributed by atoms with Gasteiger partial charge in [-0.05, 0) is 101 Å². The minimum Gasteiger partial charge on any atom is -0.309 e. The summed E-state index contributed by atoms with van der Waals surface area (Å²) in [6.45, 7) is 4.67. The molecule has 0 spiro atoms. The number of hydrogen-bond donors (Lipinski definition) is 0. The van der Waals surface area contributed by atoms with Gasteiger partial charge in [0.2, 0.25) is 0 Å². The molecule has 10 aromatic carbocycles. The predicted octanol–water partition coefficient (Wildman–Crippen LogP) is 17.1. The van der Waals surface area contributed by atoms with Crippen LogP contribution in [0.4, 0.5) is 0 Å². The molecule has 4 heterocycles. The molecule has 0 saturated carbocycles. The van der Waals surface area contributed by atoms with Crippen LogP contribution < -0.4 is 0 Å². The van der Waals surface area contributed by atoms with E-state index in [1.54, 1.807) is 0 Å². The zero-order valence-electron chi connectivity index (χ0n) is 39.8. The molecule has 0 unspecified atom stereocenters. The van der Waals surface area contributed by atoms with Crippen LogP contribution in [0.15, 0.2) is 237 Å². The van der Waals surface area contributed by atoms with Gasteiger partial charge in [-0.15, -0.1) is 0 Å². The second kappa shape index (κ2) is 15.3. The minimum absolute atomic E-state index is 0.182. The lowest BCUT2D eigenvalue weighted by molar-refractivity contribution is 0.660. The van der Waals surface area contributed by atoms with E-state index < -0.39 is 0 Å². The van der Waals surface area contributed by atoms with Crippen LogP contribution in [0.25, 0.3) is 128 Å². The maximum Gasteiger partial charge on any atom is 0.160 e. The molecule has 0 radical (unpaired) electrons. The number of fused-ring (bicyclic) bond motifs is 12. The lowest BCUT2D eigenvalue weighted by atomic mass is 9.82. The highest BCUT2D eigenvalue weighted by atomic mass is 15.0. The Balaban J connectivity index is 0.979. The van der Waals surface area contributed by atoms with E-state index in [0.29, 0.717) is 5.82 Å². The standard InChI is InChI=1S/C67H45N5/c1-67(2)56-24-10-3-17-48(56)49-36-33-43(39-57(49)67)66-68-58(42-31-34-45(35-32-42)70-60-25-11-4-18-50(60)51-19-5-12-26-61(51)70)41-59(69-66)44-37-46(71-62-27-13-6-20-52(62)53-21-7-14-28-63(53)71)40-47(38-44)72-64-29-15-8-22-54(64)55-23-9-16-30-65(55)72/h3-41H,1-2H3. The Kier molecular flexibility index (Phi) is 8.64. The first kappa shape index (κ1) is 40.6. The van der Waals surface area contributed by atoms with Crippen LogP contribution in [-0.4, -0.2) is 23.7 Å². The molecule has 0 N–H and O–H groups in total. The molecule has 14 aromatic rings. The van der Waals surface area contributed by atoms with E-state index in [0.717, 1.165) is 67.2 Å². The quantitative estimate of drug-likeness (QED) is 0.167. The number of para-hydroxylation sites is 6. The smallest absolute Gasteiger partial charge is 0.160 e. The van der Waals surface area contributed by atoms with Crippen LogP contribution in [0, 0.1) is 0 Å². The first-order valence-electron chi connectivity index (χ1n) is 24.8. The zero-order valence-corrected chi connectivity index (χ0v) is 39.8. The molecule has 15 rings (SSSR count). The Morgan fingerprint density at radius 1 is 0.292 bits per heavy atom. The topological polar surface area (TPSA) is 40.6 Å². The van der Waals surface area contributed by atoms with Crippen molar-refractivity contribution in [2.75, 3.05) is 0 Å². The van der Waals surface area contributed by atoms with Gasteiger partial charge in [0.15, 0.2) is 5.82 Å². The minimum atomic E-state index is -0.182. The summed E-state index contributed by atoms with van der Waals surface area (Å²) < 4.78 is 7.20. The number of aromatic nitrogens is 5. The molecular formula is C67H45N5. The van der Waals surface area contributed by atoms with Crippen molar-refractivity contribution in [1.82, 2.24) is 23.7 Å². The van der Waals surface area contributed by atoms with Gasteiger partial charge in [-0.3, -0.25) is 0 Å². The largest absolute Gasteiger partial charge is 0.309 e. The fourth-order valence-corrected chi connectivity index (χ4v) is 12.1. The van der Waals surface area contributed by atoms with E-state index in [1.165, 1.54) is 65.6 Å². The maximum absolute atomic E-state index is 5.61. The Labute approximate surface area is 416 Å². The molecule has 72 heavy (non-hydrogen) atoms. The third kappa shape index (κ3) is 5.94. The summed E-state index contributed by atoms with van der Waals surface area (Å²) in [7, 11) is 0. The second-order valence-electron chi connectivity index (χ2n) is 19.8. The highest BCUT2D eigenvalue weighted by molar-refractivity contribution is 6.11. The van der Waals surface area contributed by atoms with E-state index in [2.05, 4.69) is 264 Å². The van der Waals surface area contributed by atoms with Gasteiger partial charge in [0.05, 0.1) is 44.5 Å². The highest BCUT2D eigenvalue weighted by Gasteiger charge is 2.35. The van der Waals surface area contributed by atoms with Gasteiger partial charge in [0.25, 0.3) is 0 Å². The molecule has 0 aliphatic heterocycles. The molecule has 5 heteroatoms. The summed E-state index contributed by atoms with van der Waals surface area (Å²) in [5.74, 6) is 0.684. The molecule has 0 fully saturated rings. The van der Waals surface area contributed by atoms with Gasteiger partial charge >= 0.3 is 0 Å². The van der Waals surface area contributed by atoms with Crippen molar-refractivity contribution >= 4 is 65.4 Å². The summed E-state index contributed by atoms with van der Waals surface area (Å²) in [6.07, 6.45) is 0. The monoisotopic (exact) mass is 919 g/mol. The summed E-state index contributed by atoms with van der Waals surface area (Å²) in [5.41, 5.74) is 19.9. The molecule has 0 bridgehead atoms. The first-order valence-corrected chi connectivity index (χ1v) is 24.8. The summed E-state index contributed by atoms with van der Waals surface area (Å²) in [5, 5.41) is 7.35. The van der Waals surface area contributed by atoms with Gasteiger partial charge in [0, 0.05) is 71.5 Å². The fraction of sp³-hybridized carbons (Fsp3) is 0.0448. The molecule has 5 nitrogen and oxygen atoms in total. The van der Waals surface area contributed by atoms with Crippen LogP contribution in [0.1, 0.15) is 25.0 Å². The van der Waals surface area contributed by atoms with Crippen molar-refractivity contribution in [1.29, 1.82) is 0 Å². The van der Waals surface area contributed by atoms with Crippen molar-refractivity contribution in [3.05, 3.63) is 248 Å². The third-order valence-electron chi connectivity index (χ3n) is 15.4. The van der Waals surface area contributed by atoms with Crippen molar-refractivity contribution in [2.24, 2.45) is 0 Å². The summed E-state index contributed by atoms with van der Waals surface area (Å²) >= 11 is 0. The molecule has 0 saturated heterocycles. The number of hydrogen-bond acceptors (Lipinski definition) is 2. The molecule has 4 aromatic heterocycles. The van der Waals surface area contributed by atoms with Crippen LogP contribution in [0.3, 0.4) is 0 Å². The van der Waals surface area contributed by atoms with E-state index in [1.807, 2.05) is 0 Å². The van der Waals surface area contributed by atoms with Gasteiger partial charge in [-0.1, -0.05) is 172 Å². The van der Waals surface area contributed by atoms with Gasteiger partial charge in [-0.2, -0.15) is 0 Å². The molecule has 0 amide bonds. The first-order chi connectivity index (χ1) is 35.5. The highest BCUT2D eigenvalue weighted by Crippen LogP contribution is 2.50. The van der Waals surface area contributed by atoms with Gasteiger partial charge in [-0.25, -0.2) is 9.97 Å². The Bertz CT molecular complexity index is 4250. The van der Waals surface area contributed by atoms with Crippen molar-refractivity contribution < 1.29 is 0 Å². The Morgan fingerprint density at radius 2 is 0.667 bits per heavy atom. The second-order valence-corrected chi connectivity index (χ2v) is 19.8. The Morgan fingerprint density at radius 3 is 1.14 bits per heavy atom. The van der Waals surface area contributed by atoms with Gasteiger partial charge in [0.1, 0.15) is 0 Å². The van der Waals surface area contributed by atoms with Crippen molar-refractivity contribution in [2.45, 2.75) is 19.3 Å².